The van der Waals surface area contributed by atoms with Crippen LogP contribution in [-0.2, 0) is 35.8 Å². The van der Waals surface area contributed by atoms with Crippen LogP contribution in [0, 0.1) is 0 Å². The second-order valence-electron chi connectivity index (χ2n) is 9.47. The predicted molar refractivity (Wildman–Crippen MR) is 122 cm³/mol. The highest BCUT2D eigenvalue weighted by Gasteiger charge is 2.38. The molecule has 1 atom stereocenters. The maximum absolute atomic E-state index is 13.3. The van der Waals surface area contributed by atoms with Gasteiger partial charge in [-0.2, -0.15) is 0 Å². The van der Waals surface area contributed by atoms with Crippen LogP contribution >= 0.6 is 7.29 Å². The largest absolute Gasteiger partial charge is 0.318 e. The van der Waals surface area contributed by atoms with Crippen molar-refractivity contribution < 1.29 is 9.36 Å². The number of rotatable bonds is 5. The quantitative estimate of drug-likeness (QED) is 0.707. The van der Waals surface area contributed by atoms with Crippen LogP contribution in [0.3, 0.4) is 0 Å². The molecule has 1 aromatic carbocycles. The summed E-state index contributed by atoms with van der Waals surface area (Å²) in [7, 11) is 0.255. The molecule has 2 aromatic rings. The van der Waals surface area contributed by atoms with Crippen molar-refractivity contribution in [3.63, 3.8) is 0 Å². The molecule has 0 fully saturated rings. The molecule has 1 aromatic heterocycles. The number of pyridine rings is 1. The molecule has 160 valence electrons. The van der Waals surface area contributed by atoms with E-state index in [2.05, 4.69) is 24.1 Å². The van der Waals surface area contributed by atoms with Crippen molar-refractivity contribution in [1.82, 2.24) is 9.88 Å². The molecule has 1 amide bonds. The molecule has 0 radical (unpaired) electrons. The Hall–Kier alpha value is -2.01. The number of aromatic nitrogens is 1. The third-order valence-corrected chi connectivity index (χ3v) is 8.10. The summed E-state index contributed by atoms with van der Waals surface area (Å²) >= 11 is 0. The van der Waals surface area contributed by atoms with Crippen LogP contribution in [0.4, 0.5) is 10.5 Å². The van der Waals surface area contributed by atoms with Crippen molar-refractivity contribution in [2.24, 2.45) is 5.50 Å². The van der Waals surface area contributed by atoms with E-state index in [4.69, 9.17) is 10.5 Å². The van der Waals surface area contributed by atoms with Gasteiger partial charge in [0.1, 0.15) is 0 Å². The zero-order chi connectivity index (χ0) is 21.7. The van der Waals surface area contributed by atoms with E-state index in [1.54, 1.807) is 12.1 Å². The lowest BCUT2D eigenvalue weighted by Crippen LogP contribution is -2.25. The fraction of sp³-hybridized carbons (Fsp3) is 0.478. The SMILES string of the molecule is CN(C)Cc1ccc(P(N)(=O)C(=O)Nc2c3c(nc4c2CCC4(C)C)CCC3)cc1. The molecule has 6 nitrogen and oxygen atoms in total. The Labute approximate surface area is 178 Å². The number of aryl methyl sites for hydroxylation is 1. The van der Waals surface area contributed by atoms with E-state index < -0.39 is 12.9 Å². The van der Waals surface area contributed by atoms with E-state index >= 15 is 0 Å². The molecule has 4 rings (SSSR count). The van der Waals surface area contributed by atoms with Gasteiger partial charge in [-0.3, -0.25) is 19.8 Å². The minimum absolute atomic E-state index is 0.0128. The smallest absolute Gasteiger partial charge is 0.302 e. The van der Waals surface area contributed by atoms with Crippen LogP contribution in [0.1, 0.15) is 54.8 Å². The van der Waals surface area contributed by atoms with Crippen molar-refractivity contribution in [1.29, 1.82) is 0 Å². The number of benzene rings is 1. The molecule has 7 heteroatoms. The van der Waals surface area contributed by atoms with Crippen molar-refractivity contribution in [2.45, 2.75) is 57.9 Å². The minimum Gasteiger partial charge on any atom is -0.318 e. The monoisotopic (exact) mass is 426 g/mol. The number of fused-ring (bicyclic) bond motifs is 2. The maximum Gasteiger partial charge on any atom is 0.302 e. The first-order valence-corrected chi connectivity index (χ1v) is 12.4. The van der Waals surface area contributed by atoms with E-state index in [1.165, 1.54) is 0 Å². The van der Waals surface area contributed by atoms with E-state index in [-0.39, 0.29) is 5.41 Å². The van der Waals surface area contributed by atoms with Gasteiger partial charge < -0.3 is 10.2 Å². The summed E-state index contributed by atoms with van der Waals surface area (Å²) in [6.45, 7) is 5.16. The summed E-state index contributed by atoms with van der Waals surface area (Å²) in [5, 5.41) is 3.37. The Bertz CT molecular complexity index is 1040. The highest BCUT2D eigenvalue weighted by Crippen LogP contribution is 2.46. The number of nitrogens with two attached hydrogens (primary N) is 1. The van der Waals surface area contributed by atoms with Crippen LogP contribution < -0.4 is 16.1 Å². The highest BCUT2D eigenvalue weighted by atomic mass is 31.2. The van der Waals surface area contributed by atoms with Gasteiger partial charge in [-0.05, 0) is 75.0 Å². The van der Waals surface area contributed by atoms with Gasteiger partial charge >= 0.3 is 5.65 Å². The van der Waals surface area contributed by atoms with Gasteiger partial charge in [-0.25, -0.2) is 0 Å². The minimum atomic E-state index is -3.72. The van der Waals surface area contributed by atoms with Gasteiger partial charge in [0.2, 0.25) is 0 Å². The van der Waals surface area contributed by atoms with Gasteiger partial charge in [-0.1, -0.05) is 26.0 Å². The molecule has 2 aliphatic carbocycles. The third kappa shape index (κ3) is 3.73. The second-order valence-corrected chi connectivity index (χ2v) is 11.7. The summed E-state index contributed by atoms with van der Waals surface area (Å²) in [6, 6.07) is 7.19. The van der Waals surface area contributed by atoms with E-state index in [0.717, 1.165) is 72.4 Å². The normalized spacial score (nSPS) is 18.7. The maximum atomic E-state index is 13.3. The second kappa shape index (κ2) is 7.60. The zero-order valence-corrected chi connectivity index (χ0v) is 19.2. The van der Waals surface area contributed by atoms with E-state index in [9.17, 15) is 9.36 Å². The van der Waals surface area contributed by atoms with Gasteiger partial charge in [0.15, 0.2) is 0 Å². The predicted octanol–water partition coefficient (Wildman–Crippen LogP) is 3.95. The van der Waals surface area contributed by atoms with Crippen molar-refractivity contribution in [2.75, 3.05) is 19.4 Å². The fourth-order valence-corrected chi connectivity index (χ4v) is 5.73. The number of anilines is 1. The molecule has 0 saturated carbocycles. The van der Waals surface area contributed by atoms with Crippen LogP contribution in [0.15, 0.2) is 24.3 Å². The van der Waals surface area contributed by atoms with Crippen LogP contribution in [0.25, 0.3) is 0 Å². The molecule has 1 unspecified atom stereocenters. The van der Waals surface area contributed by atoms with Crippen molar-refractivity contribution in [3.8, 4) is 0 Å². The lowest BCUT2D eigenvalue weighted by Gasteiger charge is -2.22. The van der Waals surface area contributed by atoms with Gasteiger partial charge in [0.25, 0.3) is 7.29 Å². The standard InChI is InChI=1S/C23H31N4O2P/c1-23(2)13-12-18-20(17-6-5-7-19(17)25-21(18)23)26-22(28)30(24,29)16-10-8-15(9-11-16)14-27(3)4/h8-11H,5-7,12-14H2,1-4H3,(H2,24,29)(H,25,26,28). The number of carbonyl (C=O) groups is 1. The third-order valence-electron chi connectivity index (χ3n) is 6.32. The van der Waals surface area contributed by atoms with Crippen molar-refractivity contribution in [3.05, 3.63) is 52.3 Å². The first-order valence-electron chi connectivity index (χ1n) is 10.6. The highest BCUT2D eigenvalue weighted by molar-refractivity contribution is 7.85. The molecule has 1 heterocycles. The van der Waals surface area contributed by atoms with Crippen LogP contribution in [-0.4, -0.2) is 29.6 Å². The molecule has 30 heavy (non-hydrogen) atoms. The Morgan fingerprint density at radius 3 is 2.53 bits per heavy atom. The number of nitrogens with zero attached hydrogens (tertiary/aromatic N) is 2. The Balaban J connectivity index is 1.65. The summed E-state index contributed by atoms with van der Waals surface area (Å²) in [5.74, 6) is 0. The van der Waals surface area contributed by atoms with Gasteiger partial charge in [0, 0.05) is 23.0 Å². The topological polar surface area (TPSA) is 88.3 Å². The van der Waals surface area contributed by atoms with Gasteiger partial charge in [0.05, 0.1) is 11.4 Å². The molecular weight excluding hydrogens is 395 g/mol. The molecular formula is C23H31N4O2P. The molecule has 0 aliphatic heterocycles. The number of nitrogens with one attached hydrogen (secondary N) is 1. The zero-order valence-electron chi connectivity index (χ0n) is 18.3. The number of hydrogen-bond acceptors (Lipinski definition) is 4. The van der Waals surface area contributed by atoms with Gasteiger partial charge in [-0.15, -0.1) is 0 Å². The Kier molecular flexibility index (Phi) is 5.38. The summed E-state index contributed by atoms with van der Waals surface area (Å²) < 4.78 is 13.3. The van der Waals surface area contributed by atoms with Crippen molar-refractivity contribution >= 4 is 23.9 Å². The number of amides is 1. The molecule has 2 aliphatic rings. The van der Waals surface area contributed by atoms with Crippen LogP contribution in [0.2, 0.25) is 0 Å². The summed E-state index contributed by atoms with van der Waals surface area (Å²) in [4.78, 5) is 20.1. The molecule has 0 saturated heterocycles. The molecule has 0 bridgehead atoms. The lowest BCUT2D eigenvalue weighted by molar-refractivity contribution is 0.267. The Morgan fingerprint density at radius 1 is 1.17 bits per heavy atom. The summed E-state index contributed by atoms with van der Waals surface area (Å²) in [6.07, 6.45) is 4.71. The first kappa shape index (κ1) is 21.2. The lowest BCUT2D eigenvalue weighted by atomic mass is 9.90. The van der Waals surface area contributed by atoms with E-state index in [0.29, 0.717) is 5.30 Å². The Morgan fingerprint density at radius 2 is 1.87 bits per heavy atom. The summed E-state index contributed by atoms with van der Waals surface area (Å²) in [5.41, 5.74) is 11.8. The fourth-order valence-electron chi connectivity index (χ4n) is 4.63. The van der Waals surface area contributed by atoms with Crippen LogP contribution in [0.5, 0.6) is 0 Å². The molecule has 0 spiro atoms. The number of carbonyl (C=O) groups excluding carboxylic acids is 1. The number of hydrogen-bond donors (Lipinski definition) is 2. The average molecular weight is 427 g/mol. The van der Waals surface area contributed by atoms with E-state index in [1.807, 2.05) is 26.2 Å². The molecule has 3 N–H and O–H groups in total. The first-order chi connectivity index (χ1) is 14.1. The average Bonchev–Trinajstić information content (AvgIpc) is 3.26.